The highest BCUT2D eigenvalue weighted by atomic mass is 28.4. The fourth-order valence-corrected chi connectivity index (χ4v) is 4.68. The number of hydrogen-bond donors (Lipinski definition) is 0. The lowest BCUT2D eigenvalue weighted by atomic mass is 10.1. The van der Waals surface area contributed by atoms with E-state index in [9.17, 15) is 0 Å². The highest BCUT2D eigenvalue weighted by Gasteiger charge is 2.39. The Labute approximate surface area is 127 Å². The van der Waals surface area contributed by atoms with Gasteiger partial charge >= 0.3 is 8.80 Å². The van der Waals surface area contributed by atoms with E-state index in [0.717, 1.165) is 18.0 Å². The summed E-state index contributed by atoms with van der Waals surface area (Å²) in [5.74, 6) is 0. The molecule has 0 amide bonds. The zero-order valence-electron chi connectivity index (χ0n) is 12.9. The minimum Gasteiger partial charge on any atom is -0.374 e. The molecule has 1 aromatic rings. The quantitative estimate of drug-likeness (QED) is 0.281. The molecule has 0 aromatic heterocycles. The first-order valence-electron chi connectivity index (χ1n) is 7.25. The molecule has 0 saturated heterocycles. The van der Waals surface area contributed by atoms with Gasteiger partial charge in [-0.25, -0.2) is 0 Å². The summed E-state index contributed by atoms with van der Waals surface area (Å²) in [4.78, 5) is 2.77. The zero-order valence-corrected chi connectivity index (χ0v) is 13.9. The monoisotopic (exact) mass is 309 g/mol. The van der Waals surface area contributed by atoms with Crippen LogP contribution < -0.4 is 0 Å². The lowest BCUT2D eigenvalue weighted by molar-refractivity contribution is 0.0714. The van der Waals surface area contributed by atoms with Crippen LogP contribution in [0.2, 0.25) is 6.04 Å². The van der Waals surface area contributed by atoms with Crippen molar-refractivity contribution in [3.8, 4) is 0 Å². The van der Waals surface area contributed by atoms with Crippen molar-refractivity contribution in [2.75, 3.05) is 19.8 Å². The lowest BCUT2D eigenvalue weighted by Gasteiger charge is -2.28. The third kappa shape index (κ3) is 5.87. The van der Waals surface area contributed by atoms with E-state index in [1.54, 1.807) is 12.1 Å². The molecular weight excluding hydrogens is 286 g/mol. The minimum absolute atomic E-state index is 0.585. The summed E-state index contributed by atoms with van der Waals surface area (Å²) >= 11 is 0. The molecule has 0 aliphatic carbocycles. The Bertz CT molecular complexity index is 444. The van der Waals surface area contributed by atoms with Gasteiger partial charge in [0.1, 0.15) is 0 Å². The van der Waals surface area contributed by atoms with Crippen LogP contribution >= 0.6 is 0 Å². The van der Waals surface area contributed by atoms with Crippen molar-refractivity contribution < 1.29 is 13.3 Å². The summed E-state index contributed by atoms with van der Waals surface area (Å²) in [6.07, 6.45) is 0.808. The molecule has 21 heavy (non-hydrogen) atoms. The molecule has 7 heteroatoms. The van der Waals surface area contributed by atoms with Crippen molar-refractivity contribution in [2.24, 2.45) is 5.11 Å². The second-order valence-corrected chi connectivity index (χ2v) is 7.07. The average Bonchev–Trinajstić information content (AvgIpc) is 2.48. The van der Waals surface area contributed by atoms with Gasteiger partial charge in [0.2, 0.25) is 0 Å². The van der Waals surface area contributed by atoms with Crippen LogP contribution in [-0.4, -0.2) is 28.6 Å². The maximum atomic E-state index is 8.39. The van der Waals surface area contributed by atoms with Crippen molar-refractivity contribution in [3.63, 3.8) is 0 Å². The molecule has 0 spiro atoms. The SMILES string of the molecule is CCO[Si](CCc1ccc(N=[N+]=[N-])cc1)(OCC)OCC. The van der Waals surface area contributed by atoms with Crippen LogP contribution in [0.4, 0.5) is 5.69 Å². The fraction of sp³-hybridized carbons (Fsp3) is 0.571. The maximum Gasteiger partial charge on any atom is 0.501 e. The van der Waals surface area contributed by atoms with E-state index in [2.05, 4.69) is 10.0 Å². The van der Waals surface area contributed by atoms with Crippen molar-refractivity contribution in [1.29, 1.82) is 0 Å². The second kappa shape index (κ2) is 9.54. The first-order valence-corrected chi connectivity index (χ1v) is 9.18. The molecule has 0 saturated carbocycles. The van der Waals surface area contributed by atoms with Gasteiger partial charge in [-0.05, 0) is 38.3 Å². The van der Waals surface area contributed by atoms with E-state index in [1.165, 1.54) is 0 Å². The van der Waals surface area contributed by atoms with E-state index in [1.807, 2.05) is 32.9 Å². The Morgan fingerprint density at radius 1 is 1.00 bits per heavy atom. The van der Waals surface area contributed by atoms with E-state index in [4.69, 9.17) is 18.8 Å². The standard InChI is InChI=1S/C14H23N3O3Si/c1-4-18-21(19-5-2,20-6-3)12-11-13-7-9-14(10-8-13)16-17-15/h7-10H,4-6,11-12H2,1-3H3. The minimum atomic E-state index is -2.59. The highest BCUT2D eigenvalue weighted by Crippen LogP contribution is 2.21. The molecule has 0 heterocycles. The molecular formula is C14H23N3O3Si. The summed E-state index contributed by atoms with van der Waals surface area (Å²) in [6.45, 7) is 7.61. The van der Waals surface area contributed by atoms with Gasteiger partial charge in [-0.2, -0.15) is 0 Å². The lowest BCUT2D eigenvalue weighted by Crippen LogP contribution is -2.46. The zero-order chi connectivity index (χ0) is 15.6. The fourth-order valence-electron chi connectivity index (χ4n) is 2.08. The normalized spacial score (nSPS) is 11.2. The summed E-state index contributed by atoms with van der Waals surface area (Å²) in [6, 6.07) is 8.25. The van der Waals surface area contributed by atoms with Crippen molar-refractivity contribution in [3.05, 3.63) is 40.3 Å². The van der Waals surface area contributed by atoms with Crippen LogP contribution in [0.1, 0.15) is 26.3 Å². The number of azide groups is 1. The average molecular weight is 309 g/mol. The van der Waals surface area contributed by atoms with Gasteiger partial charge < -0.3 is 13.3 Å². The van der Waals surface area contributed by atoms with E-state index in [-0.39, 0.29) is 0 Å². The van der Waals surface area contributed by atoms with Gasteiger partial charge in [0.15, 0.2) is 0 Å². The van der Waals surface area contributed by atoms with Crippen molar-refractivity contribution in [2.45, 2.75) is 33.2 Å². The molecule has 0 aliphatic heterocycles. The van der Waals surface area contributed by atoms with Crippen molar-refractivity contribution in [1.82, 2.24) is 0 Å². The van der Waals surface area contributed by atoms with Gasteiger partial charge in [-0.3, -0.25) is 0 Å². The topological polar surface area (TPSA) is 76.5 Å². The number of nitrogens with zero attached hydrogens (tertiary/aromatic N) is 3. The molecule has 1 rings (SSSR count). The van der Waals surface area contributed by atoms with Crippen LogP contribution in [0.25, 0.3) is 10.4 Å². The molecule has 116 valence electrons. The maximum absolute atomic E-state index is 8.39. The van der Waals surface area contributed by atoms with E-state index < -0.39 is 8.80 Å². The van der Waals surface area contributed by atoms with E-state index >= 15 is 0 Å². The highest BCUT2D eigenvalue weighted by molar-refractivity contribution is 6.60. The first kappa shape index (κ1) is 17.7. The molecule has 0 atom stereocenters. The first-order chi connectivity index (χ1) is 10.2. The molecule has 6 nitrogen and oxygen atoms in total. The Morgan fingerprint density at radius 2 is 1.52 bits per heavy atom. The largest absolute Gasteiger partial charge is 0.501 e. The second-order valence-electron chi connectivity index (χ2n) is 4.34. The predicted octanol–water partition coefficient (Wildman–Crippen LogP) is 4.22. The van der Waals surface area contributed by atoms with Gasteiger partial charge in [0, 0.05) is 36.5 Å². The number of aryl methyl sites for hydroxylation is 1. The van der Waals surface area contributed by atoms with Gasteiger partial charge in [-0.1, -0.05) is 29.4 Å². The van der Waals surface area contributed by atoms with Gasteiger partial charge in [0.05, 0.1) is 0 Å². The molecule has 0 radical (unpaired) electrons. The number of hydrogen-bond acceptors (Lipinski definition) is 4. The van der Waals surface area contributed by atoms with E-state index in [0.29, 0.717) is 25.5 Å². The summed E-state index contributed by atoms with van der Waals surface area (Å²) in [7, 11) is -2.59. The Kier molecular flexibility index (Phi) is 8.03. The van der Waals surface area contributed by atoms with Crippen molar-refractivity contribution >= 4 is 14.5 Å². The molecule has 0 unspecified atom stereocenters. The summed E-state index contributed by atoms with van der Waals surface area (Å²) in [5, 5.41) is 3.56. The predicted molar refractivity (Wildman–Crippen MR) is 84.4 cm³/mol. The molecule has 0 aliphatic rings. The van der Waals surface area contributed by atoms with Gasteiger partial charge in [0.25, 0.3) is 0 Å². The Balaban J connectivity index is 2.72. The third-order valence-corrected chi connectivity index (χ3v) is 5.96. The third-order valence-electron chi connectivity index (χ3n) is 2.91. The summed E-state index contributed by atoms with van der Waals surface area (Å²) in [5.41, 5.74) is 10.1. The Hall–Kier alpha value is -1.37. The van der Waals surface area contributed by atoms with Gasteiger partial charge in [-0.15, -0.1) is 0 Å². The van der Waals surface area contributed by atoms with Crippen LogP contribution in [-0.2, 0) is 19.7 Å². The molecule has 0 fully saturated rings. The van der Waals surface area contributed by atoms with Crippen LogP contribution in [0.3, 0.4) is 0 Å². The van der Waals surface area contributed by atoms with Crippen LogP contribution in [0.5, 0.6) is 0 Å². The molecule has 0 bridgehead atoms. The summed E-state index contributed by atoms with van der Waals surface area (Å²) < 4.78 is 17.5. The van der Waals surface area contributed by atoms with Crippen LogP contribution in [0.15, 0.2) is 29.4 Å². The molecule has 1 aromatic carbocycles. The number of benzene rings is 1. The Morgan fingerprint density at radius 3 is 1.95 bits per heavy atom. The smallest absolute Gasteiger partial charge is 0.374 e. The number of rotatable bonds is 10. The van der Waals surface area contributed by atoms with Crippen LogP contribution in [0, 0.1) is 0 Å². The molecule has 0 N–H and O–H groups in total.